The van der Waals surface area contributed by atoms with Crippen LogP contribution >= 0.6 is 0 Å². The second-order valence-corrected chi connectivity index (χ2v) is 5.22. The van der Waals surface area contributed by atoms with Crippen LogP contribution in [0.4, 0.5) is 5.82 Å². The molecule has 5 nitrogen and oxygen atoms in total. The standard InChI is InChI=1S/C13H22N4O/c1-11(2)9-16-5-7-17(8-6-16)13-4-3-12(10-18)14-15-13/h3-4,11,18H,5-10H2,1-2H3. The van der Waals surface area contributed by atoms with Crippen LogP contribution in [0.2, 0.25) is 0 Å². The SMILES string of the molecule is CC(C)CN1CCN(c2ccc(CO)nn2)CC1. The normalized spacial score (nSPS) is 17.4. The topological polar surface area (TPSA) is 52.5 Å². The highest BCUT2D eigenvalue weighted by molar-refractivity contribution is 5.37. The van der Waals surface area contributed by atoms with E-state index in [0.29, 0.717) is 5.69 Å². The van der Waals surface area contributed by atoms with Crippen molar-refractivity contribution in [3.05, 3.63) is 17.8 Å². The maximum absolute atomic E-state index is 8.93. The lowest BCUT2D eigenvalue weighted by molar-refractivity contribution is 0.230. The van der Waals surface area contributed by atoms with Crippen LogP contribution in [0.15, 0.2) is 12.1 Å². The lowest BCUT2D eigenvalue weighted by Crippen LogP contribution is -2.47. The largest absolute Gasteiger partial charge is 0.390 e. The molecule has 1 aromatic rings. The Labute approximate surface area is 108 Å². The average Bonchev–Trinajstić information content (AvgIpc) is 2.39. The fraction of sp³-hybridized carbons (Fsp3) is 0.692. The molecule has 0 bridgehead atoms. The molecule has 0 radical (unpaired) electrons. The lowest BCUT2D eigenvalue weighted by Gasteiger charge is -2.35. The van der Waals surface area contributed by atoms with E-state index in [4.69, 9.17) is 5.11 Å². The first kappa shape index (κ1) is 13.2. The third-order valence-corrected chi connectivity index (χ3v) is 3.19. The van der Waals surface area contributed by atoms with Crippen molar-refractivity contribution < 1.29 is 5.11 Å². The third-order valence-electron chi connectivity index (χ3n) is 3.19. The van der Waals surface area contributed by atoms with Crippen molar-refractivity contribution in [2.24, 2.45) is 5.92 Å². The number of nitrogens with zero attached hydrogens (tertiary/aromatic N) is 4. The maximum Gasteiger partial charge on any atom is 0.151 e. The Kier molecular flexibility index (Phi) is 4.49. The van der Waals surface area contributed by atoms with Crippen LogP contribution in [-0.2, 0) is 6.61 Å². The van der Waals surface area contributed by atoms with Crippen molar-refractivity contribution in [2.45, 2.75) is 20.5 Å². The summed E-state index contributed by atoms with van der Waals surface area (Å²) < 4.78 is 0. The van der Waals surface area contributed by atoms with E-state index in [1.165, 1.54) is 6.54 Å². The van der Waals surface area contributed by atoms with Gasteiger partial charge < -0.3 is 10.0 Å². The molecule has 1 aliphatic heterocycles. The molecule has 0 saturated carbocycles. The van der Waals surface area contributed by atoms with Crippen molar-refractivity contribution in [1.29, 1.82) is 0 Å². The molecule has 1 fully saturated rings. The van der Waals surface area contributed by atoms with E-state index in [2.05, 4.69) is 33.8 Å². The molecule has 100 valence electrons. The molecule has 18 heavy (non-hydrogen) atoms. The number of aliphatic hydroxyl groups is 1. The molecule has 0 unspecified atom stereocenters. The minimum absolute atomic E-state index is 0.0462. The van der Waals surface area contributed by atoms with Gasteiger partial charge in [-0.25, -0.2) is 0 Å². The average molecular weight is 250 g/mol. The van der Waals surface area contributed by atoms with E-state index in [-0.39, 0.29) is 6.61 Å². The molecule has 0 spiro atoms. The van der Waals surface area contributed by atoms with Gasteiger partial charge in [-0.2, -0.15) is 5.10 Å². The maximum atomic E-state index is 8.93. The first-order valence-corrected chi connectivity index (χ1v) is 6.60. The van der Waals surface area contributed by atoms with Crippen LogP contribution in [-0.4, -0.2) is 52.9 Å². The van der Waals surface area contributed by atoms with E-state index in [1.807, 2.05) is 12.1 Å². The van der Waals surface area contributed by atoms with Crippen LogP contribution < -0.4 is 4.90 Å². The Balaban J connectivity index is 1.88. The predicted octanol–water partition coefficient (Wildman–Crippen LogP) is 0.747. The number of hydrogen-bond acceptors (Lipinski definition) is 5. The molecule has 0 aromatic carbocycles. The summed E-state index contributed by atoms with van der Waals surface area (Å²) in [6.07, 6.45) is 0. The minimum atomic E-state index is -0.0462. The molecule has 1 aromatic heterocycles. The van der Waals surface area contributed by atoms with Crippen molar-refractivity contribution in [1.82, 2.24) is 15.1 Å². The third kappa shape index (κ3) is 3.40. The van der Waals surface area contributed by atoms with Gasteiger partial charge in [0.25, 0.3) is 0 Å². The van der Waals surface area contributed by atoms with E-state index in [0.717, 1.165) is 37.9 Å². The molecular weight excluding hydrogens is 228 g/mol. The number of anilines is 1. The summed E-state index contributed by atoms with van der Waals surface area (Å²) in [4.78, 5) is 4.75. The van der Waals surface area contributed by atoms with Gasteiger partial charge in [0.2, 0.25) is 0 Å². The molecular formula is C13H22N4O. The summed E-state index contributed by atoms with van der Waals surface area (Å²) in [6, 6.07) is 3.78. The second-order valence-electron chi connectivity index (χ2n) is 5.22. The zero-order chi connectivity index (χ0) is 13.0. The molecule has 0 aliphatic carbocycles. The van der Waals surface area contributed by atoms with Crippen molar-refractivity contribution in [2.75, 3.05) is 37.6 Å². The zero-order valence-electron chi connectivity index (χ0n) is 11.2. The monoisotopic (exact) mass is 250 g/mol. The summed E-state index contributed by atoms with van der Waals surface area (Å²) in [5, 5.41) is 17.1. The van der Waals surface area contributed by atoms with Crippen LogP contribution in [0.1, 0.15) is 19.5 Å². The quantitative estimate of drug-likeness (QED) is 0.854. The Hall–Kier alpha value is -1.20. The first-order chi connectivity index (χ1) is 8.69. The molecule has 1 saturated heterocycles. The summed E-state index contributed by atoms with van der Waals surface area (Å²) in [5.41, 5.74) is 0.622. The van der Waals surface area contributed by atoms with Crippen molar-refractivity contribution >= 4 is 5.82 Å². The number of rotatable bonds is 4. The number of piperazine rings is 1. The van der Waals surface area contributed by atoms with Gasteiger partial charge >= 0.3 is 0 Å². The fourth-order valence-electron chi connectivity index (χ4n) is 2.28. The highest BCUT2D eigenvalue weighted by Crippen LogP contribution is 2.13. The number of hydrogen-bond donors (Lipinski definition) is 1. The highest BCUT2D eigenvalue weighted by Gasteiger charge is 2.18. The summed E-state index contributed by atoms with van der Waals surface area (Å²) in [7, 11) is 0. The smallest absolute Gasteiger partial charge is 0.151 e. The van der Waals surface area contributed by atoms with Gasteiger partial charge in [-0.15, -0.1) is 5.10 Å². The molecule has 2 rings (SSSR count). The number of aromatic nitrogens is 2. The number of aliphatic hydroxyl groups excluding tert-OH is 1. The van der Waals surface area contributed by atoms with Crippen molar-refractivity contribution in [3.8, 4) is 0 Å². The molecule has 5 heteroatoms. The Bertz CT molecular complexity index is 358. The first-order valence-electron chi connectivity index (χ1n) is 6.60. The van der Waals surface area contributed by atoms with Crippen LogP contribution in [0.5, 0.6) is 0 Å². The summed E-state index contributed by atoms with van der Waals surface area (Å²) in [6.45, 7) is 9.80. The van der Waals surface area contributed by atoms with Gasteiger partial charge in [-0.1, -0.05) is 13.8 Å². The van der Waals surface area contributed by atoms with Crippen LogP contribution in [0, 0.1) is 5.92 Å². The summed E-state index contributed by atoms with van der Waals surface area (Å²) >= 11 is 0. The molecule has 2 heterocycles. The van der Waals surface area contributed by atoms with Gasteiger partial charge in [-0.3, -0.25) is 4.90 Å². The molecule has 0 amide bonds. The van der Waals surface area contributed by atoms with Crippen LogP contribution in [0.3, 0.4) is 0 Å². The zero-order valence-corrected chi connectivity index (χ0v) is 11.2. The minimum Gasteiger partial charge on any atom is -0.390 e. The highest BCUT2D eigenvalue weighted by atomic mass is 16.3. The molecule has 1 N–H and O–H groups in total. The van der Waals surface area contributed by atoms with E-state index < -0.39 is 0 Å². The Morgan fingerprint density at radius 1 is 1.17 bits per heavy atom. The molecule has 1 aliphatic rings. The molecule has 0 atom stereocenters. The predicted molar refractivity (Wildman–Crippen MR) is 71.4 cm³/mol. The van der Waals surface area contributed by atoms with Crippen molar-refractivity contribution in [3.63, 3.8) is 0 Å². The van der Waals surface area contributed by atoms with Gasteiger partial charge in [-0.05, 0) is 18.1 Å². The van der Waals surface area contributed by atoms with Crippen LogP contribution in [0.25, 0.3) is 0 Å². The van der Waals surface area contributed by atoms with E-state index in [9.17, 15) is 0 Å². The fourth-order valence-corrected chi connectivity index (χ4v) is 2.28. The van der Waals surface area contributed by atoms with E-state index >= 15 is 0 Å². The lowest BCUT2D eigenvalue weighted by atomic mass is 10.2. The second kappa shape index (κ2) is 6.11. The Morgan fingerprint density at radius 3 is 2.39 bits per heavy atom. The van der Waals surface area contributed by atoms with Gasteiger partial charge in [0.1, 0.15) is 0 Å². The van der Waals surface area contributed by atoms with Gasteiger partial charge in [0.15, 0.2) is 5.82 Å². The van der Waals surface area contributed by atoms with Gasteiger partial charge in [0.05, 0.1) is 12.3 Å². The van der Waals surface area contributed by atoms with E-state index in [1.54, 1.807) is 0 Å². The Morgan fingerprint density at radius 2 is 1.89 bits per heavy atom. The van der Waals surface area contributed by atoms with Gasteiger partial charge in [0, 0.05) is 32.7 Å². The summed E-state index contributed by atoms with van der Waals surface area (Å²) in [5.74, 6) is 1.64.